The molecule has 0 fully saturated rings. The van der Waals surface area contributed by atoms with Gasteiger partial charge in [-0.05, 0) is 18.6 Å². The van der Waals surface area contributed by atoms with E-state index in [4.69, 9.17) is 0 Å². The summed E-state index contributed by atoms with van der Waals surface area (Å²) in [6.07, 6.45) is 0.731. The van der Waals surface area contributed by atoms with E-state index in [9.17, 15) is 14.9 Å². The number of hydrogen-bond acceptors (Lipinski definition) is 4. The van der Waals surface area contributed by atoms with Crippen molar-refractivity contribution in [2.75, 3.05) is 6.54 Å². The first kappa shape index (κ1) is 18.7. The molecule has 0 aliphatic carbocycles. The summed E-state index contributed by atoms with van der Waals surface area (Å²) in [5, 5.41) is 12.3. The van der Waals surface area contributed by atoms with Gasteiger partial charge in [-0.15, -0.1) is 0 Å². The van der Waals surface area contributed by atoms with Crippen LogP contribution in [0, 0.1) is 16.7 Å². The van der Waals surface area contributed by atoms with E-state index >= 15 is 0 Å². The number of ketones is 1. The van der Waals surface area contributed by atoms with Gasteiger partial charge in [-0.25, -0.2) is 4.98 Å². The molecule has 0 bridgehead atoms. The van der Waals surface area contributed by atoms with Crippen LogP contribution in [0.1, 0.15) is 45.4 Å². The van der Waals surface area contributed by atoms with Gasteiger partial charge in [0.2, 0.25) is 5.91 Å². The molecule has 0 saturated heterocycles. The number of imidazole rings is 1. The van der Waals surface area contributed by atoms with Crippen LogP contribution in [0.25, 0.3) is 11.0 Å². The van der Waals surface area contributed by atoms with E-state index in [0.717, 1.165) is 11.0 Å². The predicted molar refractivity (Wildman–Crippen MR) is 95.8 cm³/mol. The fourth-order valence-electron chi connectivity index (χ4n) is 2.57. The van der Waals surface area contributed by atoms with Gasteiger partial charge in [-0.3, -0.25) is 9.59 Å². The molecule has 2 rings (SSSR count). The first-order chi connectivity index (χ1) is 11.8. The van der Waals surface area contributed by atoms with Gasteiger partial charge in [0.05, 0.1) is 17.1 Å². The Kier molecular flexibility index (Phi) is 5.58. The monoisotopic (exact) mass is 340 g/mol. The summed E-state index contributed by atoms with van der Waals surface area (Å²) in [5.41, 5.74) is 1.21. The number of benzene rings is 1. The van der Waals surface area contributed by atoms with Crippen molar-refractivity contribution < 1.29 is 9.59 Å². The Labute approximate surface area is 147 Å². The first-order valence-electron chi connectivity index (χ1n) is 8.37. The van der Waals surface area contributed by atoms with Crippen LogP contribution in [0.3, 0.4) is 0 Å². The molecule has 0 saturated carbocycles. The third kappa shape index (κ3) is 4.24. The standard InChI is InChI=1S/C19H24N4O2/c1-19(2,3)18(25)21-11-7-10-16(24)13(12-20)17-22-14-8-5-6-9-15(14)23(17)4/h5-6,8-9,13H,7,10-11H2,1-4H3,(H,21,25). The number of Topliss-reactive ketones (excluding diaryl/α,β-unsaturated/α-hetero) is 1. The maximum absolute atomic E-state index is 12.5. The molecule has 6 nitrogen and oxygen atoms in total. The number of fused-ring (bicyclic) bond motifs is 1. The van der Waals surface area contributed by atoms with E-state index < -0.39 is 11.3 Å². The number of carbonyl (C=O) groups excluding carboxylic acids is 2. The van der Waals surface area contributed by atoms with E-state index in [1.807, 2.05) is 52.1 Å². The smallest absolute Gasteiger partial charge is 0.225 e. The lowest BCUT2D eigenvalue weighted by molar-refractivity contribution is -0.128. The summed E-state index contributed by atoms with van der Waals surface area (Å²) < 4.78 is 1.79. The van der Waals surface area contributed by atoms with E-state index in [0.29, 0.717) is 18.8 Å². The number of aromatic nitrogens is 2. The summed E-state index contributed by atoms with van der Waals surface area (Å²) in [7, 11) is 1.81. The molecule has 1 aromatic carbocycles. The number of rotatable bonds is 6. The van der Waals surface area contributed by atoms with Gasteiger partial charge < -0.3 is 9.88 Å². The topological polar surface area (TPSA) is 87.8 Å². The van der Waals surface area contributed by atoms with Crippen molar-refractivity contribution in [3.05, 3.63) is 30.1 Å². The number of para-hydroxylation sites is 2. The van der Waals surface area contributed by atoms with Crippen molar-refractivity contribution in [1.29, 1.82) is 5.26 Å². The van der Waals surface area contributed by atoms with Crippen LogP contribution >= 0.6 is 0 Å². The molecule has 1 amide bonds. The van der Waals surface area contributed by atoms with E-state index in [1.165, 1.54) is 0 Å². The molecule has 0 spiro atoms. The molecule has 2 aromatic rings. The third-order valence-corrected chi connectivity index (χ3v) is 4.10. The minimum atomic E-state index is -0.893. The zero-order valence-electron chi connectivity index (χ0n) is 15.2. The van der Waals surface area contributed by atoms with Crippen LogP contribution in [-0.4, -0.2) is 27.8 Å². The number of nitrogens with zero attached hydrogens (tertiary/aromatic N) is 3. The number of nitriles is 1. The van der Waals surface area contributed by atoms with Crippen LogP contribution in [0.15, 0.2) is 24.3 Å². The SMILES string of the molecule is Cn1c(C(C#N)C(=O)CCCNC(=O)C(C)(C)C)nc2ccccc21. The molecule has 1 atom stereocenters. The summed E-state index contributed by atoms with van der Waals surface area (Å²) in [6, 6.07) is 9.62. The highest BCUT2D eigenvalue weighted by Crippen LogP contribution is 2.22. The van der Waals surface area contributed by atoms with Gasteiger partial charge in [0.25, 0.3) is 0 Å². The van der Waals surface area contributed by atoms with Gasteiger partial charge >= 0.3 is 0 Å². The lowest BCUT2D eigenvalue weighted by Crippen LogP contribution is -2.35. The van der Waals surface area contributed by atoms with Crippen LogP contribution in [-0.2, 0) is 16.6 Å². The number of nitrogens with one attached hydrogen (secondary N) is 1. The fraction of sp³-hybridized carbons (Fsp3) is 0.474. The molecule has 25 heavy (non-hydrogen) atoms. The van der Waals surface area contributed by atoms with Gasteiger partial charge in [-0.1, -0.05) is 32.9 Å². The molecule has 132 valence electrons. The average Bonchev–Trinajstić information content (AvgIpc) is 2.88. The maximum atomic E-state index is 12.5. The molecular formula is C19H24N4O2. The van der Waals surface area contributed by atoms with Crippen LogP contribution < -0.4 is 5.32 Å². The van der Waals surface area contributed by atoms with Crippen molar-refractivity contribution in [2.45, 2.75) is 39.5 Å². The fourth-order valence-corrected chi connectivity index (χ4v) is 2.57. The highest BCUT2D eigenvalue weighted by molar-refractivity contribution is 5.89. The number of hydrogen-bond donors (Lipinski definition) is 1. The molecule has 0 aliphatic heterocycles. The lowest BCUT2D eigenvalue weighted by Gasteiger charge is -2.17. The maximum Gasteiger partial charge on any atom is 0.225 e. The molecule has 0 aliphatic rings. The summed E-state index contributed by atoms with van der Waals surface area (Å²) >= 11 is 0. The Morgan fingerprint density at radius 2 is 2.00 bits per heavy atom. The third-order valence-electron chi connectivity index (χ3n) is 4.10. The minimum Gasteiger partial charge on any atom is -0.356 e. The summed E-state index contributed by atoms with van der Waals surface area (Å²) in [4.78, 5) is 28.7. The Bertz CT molecular complexity index is 824. The second-order valence-corrected chi connectivity index (χ2v) is 7.16. The second-order valence-electron chi connectivity index (χ2n) is 7.16. The molecule has 0 radical (unpaired) electrons. The molecule has 6 heteroatoms. The normalized spacial score (nSPS) is 12.6. The minimum absolute atomic E-state index is 0.0490. The van der Waals surface area contributed by atoms with Crippen LogP contribution in [0.4, 0.5) is 0 Å². The summed E-state index contributed by atoms with van der Waals surface area (Å²) in [6.45, 7) is 5.93. The van der Waals surface area contributed by atoms with Crippen molar-refractivity contribution in [3.8, 4) is 6.07 Å². The molecule has 1 unspecified atom stereocenters. The number of amides is 1. The molecule has 1 heterocycles. The van der Waals surface area contributed by atoms with Gasteiger partial charge in [0, 0.05) is 25.4 Å². The lowest BCUT2D eigenvalue weighted by atomic mass is 9.95. The Balaban J connectivity index is 2.00. The van der Waals surface area contributed by atoms with Crippen molar-refractivity contribution in [2.24, 2.45) is 12.5 Å². The van der Waals surface area contributed by atoms with E-state index in [2.05, 4.69) is 16.4 Å². The number of aryl methyl sites for hydroxylation is 1. The quantitative estimate of drug-likeness (QED) is 0.819. The summed E-state index contributed by atoms with van der Waals surface area (Å²) in [5.74, 6) is -0.652. The molecule has 1 N–H and O–H groups in total. The molecular weight excluding hydrogens is 316 g/mol. The van der Waals surface area contributed by atoms with E-state index in [-0.39, 0.29) is 18.1 Å². The zero-order chi connectivity index (χ0) is 18.6. The highest BCUT2D eigenvalue weighted by Gasteiger charge is 2.25. The number of carbonyl (C=O) groups is 2. The van der Waals surface area contributed by atoms with Crippen LogP contribution in [0.2, 0.25) is 0 Å². The predicted octanol–water partition coefficient (Wildman–Crippen LogP) is 2.69. The van der Waals surface area contributed by atoms with Crippen molar-refractivity contribution >= 4 is 22.7 Å². The van der Waals surface area contributed by atoms with Crippen molar-refractivity contribution in [1.82, 2.24) is 14.9 Å². The largest absolute Gasteiger partial charge is 0.356 e. The Morgan fingerprint density at radius 3 is 2.60 bits per heavy atom. The van der Waals surface area contributed by atoms with E-state index in [1.54, 1.807) is 4.57 Å². The average molecular weight is 340 g/mol. The van der Waals surface area contributed by atoms with Gasteiger partial charge in [0.15, 0.2) is 11.7 Å². The Morgan fingerprint density at radius 1 is 1.32 bits per heavy atom. The first-order valence-corrected chi connectivity index (χ1v) is 8.37. The van der Waals surface area contributed by atoms with Gasteiger partial charge in [-0.2, -0.15) is 5.26 Å². The van der Waals surface area contributed by atoms with Gasteiger partial charge in [0.1, 0.15) is 5.82 Å². The van der Waals surface area contributed by atoms with Crippen molar-refractivity contribution in [3.63, 3.8) is 0 Å². The Hall–Kier alpha value is -2.68. The molecule has 1 aromatic heterocycles. The second kappa shape index (κ2) is 7.47. The van der Waals surface area contributed by atoms with Crippen LogP contribution in [0.5, 0.6) is 0 Å². The zero-order valence-corrected chi connectivity index (χ0v) is 15.2. The highest BCUT2D eigenvalue weighted by atomic mass is 16.2.